The Morgan fingerprint density at radius 3 is 2.57 bits per heavy atom. The Kier molecular flexibility index (Phi) is 2.73. The molecule has 1 fully saturated rings. The zero-order valence-corrected chi connectivity index (χ0v) is 9.07. The van der Waals surface area contributed by atoms with Gasteiger partial charge in [0.15, 0.2) is 0 Å². The third kappa shape index (κ3) is 1.63. The van der Waals surface area contributed by atoms with E-state index in [0.717, 1.165) is 13.0 Å². The third-order valence-electron chi connectivity index (χ3n) is 3.82. The maximum Gasteiger partial charge on any atom is 0.138 e. The second kappa shape index (κ2) is 3.85. The van der Waals surface area contributed by atoms with E-state index in [1.165, 1.54) is 12.8 Å². The van der Waals surface area contributed by atoms with Gasteiger partial charge in [-0.3, -0.25) is 9.69 Å². The fourth-order valence-corrected chi connectivity index (χ4v) is 2.62. The Hall–Kier alpha value is -0.630. The fraction of sp³-hybridized carbons (Fsp3) is 0.750. The van der Waals surface area contributed by atoms with Crippen molar-refractivity contribution in [1.82, 2.24) is 4.90 Å². The minimum Gasteiger partial charge on any atom is -0.299 e. The molecular formula is C12H19NO. The van der Waals surface area contributed by atoms with Crippen LogP contribution in [0, 0.1) is 5.92 Å². The molecule has 1 heterocycles. The van der Waals surface area contributed by atoms with Crippen molar-refractivity contribution < 1.29 is 4.79 Å². The number of rotatable bonds is 1. The van der Waals surface area contributed by atoms with Crippen LogP contribution in [-0.4, -0.2) is 29.3 Å². The summed E-state index contributed by atoms with van der Waals surface area (Å²) in [7, 11) is 0. The summed E-state index contributed by atoms with van der Waals surface area (Å²) in [6.07, 6.45) is 7.62. The number of hydrogen-bond acceptors (Lipinski definition) is 2. The molecule has 2 unspecified atom stereocenters. The highest BCUT2D eigenvalue weighted by molar-refractivity contribution is 5.82. The average Bonchev–Trinajstić information content (AvgIpc) is 2.67. The molecule has 2 aliphatic rings. The van der Waals surface area contributed by atoms with Crippen LogP contribution in [-0.2, 0) is 4.79 Å². The average molecular weight is 193 g/mol. The number of hydrogen-bond donors (Lipinski definition) is 0. The minimum atomic E-state index is 0.226. The van der Waals surface area contributed by atoms with Crippen molar-refractivity contribution in [2.75, 3.05) is 6.54 Å². The standard InChI is InChI=1S/C12H19NO/c1-9-10(2)13(8-7-12(9)14)11-5-3-4-6-11/h3-4,9-11H,5-8H2,1-2H3. The Morgan fingerprint density at radius 1 is 1.29 bits per heavy atom. The summed E-state index contributed by atoms with van der Waals surface area (Å²) in [5, 5.41) is 0. The van der Waals surface area contributed by atoms with E-state index in [0.29, 0.717) is 17.9 Å². The van der Waals surface area contributed by atoms with E-state index in [4.69, 9.17) is 0 Å². The summed E-state index contributed by atoms with van der Waals surface area (Å²) in [5.41, 5.74) is 0. The summed E-state index contributed by atoms with van der Waals surface area (Å²) in [6, 6.07) is 1.10. The van der Waals surface area contributed by atoms with Crippen LogP contribution in [0.1, 0.15) is 33.1 Å². The molecule has 2 nitrogen and oxygen atoms in total. The van der Waals surface area contributed by atoms with Gasteiger partial charge in [-0.05, 0) is 19.8 Å². The fourth-order valence-electron chi connectivity index (χ4n) is 2.62. The molecule has 78 valence electrons. The lowest BCUT2D eigenvalue weighted by Gasteiger charge is -2.40. The van der Waals surface area contributed by atoms with Crippen LogP contribution < -0.4 is 0 Å². The molecule has 1 aliphatic heterocycles. The van der Waals surface area contributed by atoms with Crippen molar-refractivity contribution in [3.05, 3.63) is 12.2 Å². The maximum atomic E-state index is 11.5. The lowest BCUT2D eigenvalue weighted by molar-refractivity contribution is -0.128. The highest BCUT2D eigenvalue weighted by Crippen LogP contribution is 2.27. The smallest absolute Gasteiger partial charge is 0.138 e. The number of carbonyl (C=O) groups is 1. The Morgan fingerprint density at radius 2 is 1.93 bits per heavy atom. The van der Waals surface area contributed by atoms with Gasteiger partial charge in [0.1, 0.15) is 5.78 Å². The third-order valence-corrected chi connectivity index (χ3v) is 3.82. The summed E-state index contributed by atoms with van der Waals surface area (Å²) in [5.74, 6) is 0.670. The molecule has 0 aromatic rings. The predicted octanol–water partition coefficient (Wildman–Crippen LogP) is 2.00. The molecule has 0 saturated carbocycles. The molecular weight excluding hydrogens is 174 g/mol. The first kappa shape index (κ1) is 9.91. The van der Waals surface area contributed by atoms with Crippen molar-refractivity contribution in [2.45, 2.75) is 45.2 Å². The normalized spacial score (nSPS) is 35.4. The summed E-state index contributed by atoms with van der Waals surface area (Å²) < 4.78 is 0. The molecule has 0 bridgehead atoms. The van der Waals surface area contributed by atoms with Gasteiger partial charge in [0.05, 0.1) is 0 Å². The Balaban J connectivity index is 2.02. The maximum absolute atomic E-state index is 11.5. The van der Waals surface area contributed by atoms with E-state index < -0.39 is 0 Å². The first-order valence-electron chi connectivity index (χ1n) is 5.63. The van der Waals surface area contributed by atoms with Gasteiger partial charge in [-0.25, -0.2) is 0 Å². The van der Waals surface area contributed by atoms with E-state index in [-0.39, 0.29) is 5.92 Å². The zero-order valence-electron chi connectivity index (χ0n) is 9.07. The number of nitrogens with zero attached hydrogens (tertiary/aromatic N) is 1. The molecule has 0 aromatic heterocycles. The highest BCUT2D eigenvalue weighted by atomic mass is 16.1. The number of ketones is 1. The summed E-state index contributed by atoms with van der Waals surface area (Å²) >= 11 is 0. The summed E-state index contributed by atoms with van der Waals surface area (Å²) in [6.45, 7) is 5.23. The first-order valence-corrected chi connectivity index (χ1v) is 5.63. The minimum absolute atomic E-state index is 0.226. The molecule has 2 heteroatoms. The largest absolute Gasteiger partial charge is 0.299 e. The molecule has 2 atom stereocenters. The summed E-state index contributed by atoms with van der Waals surface area (Å²) in [4.78, 5) is 14.0. The molecule has 1 saturated heterocycles. The lowest BCUT2D eigenvalue weighted by Crippen LogP contribution is -2.50. The molecule has 0 N–H and O–H groups in total. The van der Waals surface area contributed by atoms with Crippen molar-refractivity contribution in [2.24, 2.45) is 5.92 Å². The first-order chi connectivity index (χ1) is 6.70. The van der Waals surface area contributed by atoms with Crippen molar-refractivity contribution in [3.63, 3.8) is 0 Å². The van der Waals surface area contributed by atoms with E-state index in [1.54, 1.807) is 0 Å². The molecule has 2 rings (SSSR count). The number of Topliss-reactive ketones (excluding diaryl/α,β-unsaturated/α-hetero) is 1. The molecule has 14 heavy (non-hydrogen) atoms. The van der Waals surface area contributed by atoms with Gasteiger partial charge in [0, 0.05) is 31.0 Å². The van der Waals surface area contributed by atoms with Crippen molar-refractivity contribution in [3.8, 4) is 0 Å². The topological polar surface area (TPSA) is 20.3 Å². The lowest BCUT2D eigenvalue weighted by atomic mass is 9.89. The number of carbonyl (C=O) groups excluding carboxylic acids is 1. The Bertz CT molecular complexity index is 251. The predicted molar refractivity (Wildman–Crippen MR) is 57.1 cm³/mol. The highest BCUT2D eigenvalue weighted by Gasteiger charge is 2.34. The second-order valence-electron chi connectivity index (χ2n) is 4.58. The molecule has 0 amide bonds. The van der Waals surface area contributed by atoms with Crippen LogP contribution in [0.15, 0.2) is 12.2 Å². The van der Waals surface area contributed by atoms with Gasteiger partial charge in [0.25, 0.3) is 0 Å². The SMILES string of the molecule is CC1C(=O)CCN(C2CC=CC2)C1C. The molecule has 0 spiro atoms. The van der Waals surface area contributed by atoms with Gasteiger partial charge in [-0.2, -0.15) is 0 Å². The van der Waals surface area contributed by atoms with Crippen LogP contribution in [0.3, 0.4) is 0 Å². The van der Waals surface area contributed by atoms with Crippen LogP contribution >= 0.6 is 0 Å². The zero-order chi connectivity index (χ0) is 10.1. The second-order valence-corrected chi connectivity index (χ2v) is 4.58. The van der Waals surface area contributed by atoms with Crippen molar-refractivity contribution >= 4 is 5.78 Å². The van der Waals surface area contributed by atoms with E-state index in [9.17, 15) is 4.79 Å². The molecule has 1 aliphatic carbocycles. The van der Waals surface area contributed by atoms with Gasteiger partial charge in [-0.15, -0.1) is 0 Å². The van der Waals surface area contributed by atoms with Crippen molar-refractivity contribution in [1.29, 1.82) is 0 Å². The quantitative estimate of drug-likeness (QED) is 0.594. The van der Waals surface area contributed by atoms with Gasteiger partial charge < -0.3 is 0 Å². The number of piperidine rings is 1. The van der Waals surface area contributed by atoms with Crippen LogP contribution in [0.5, 0.6) is 0 Å². The monoisotopic (exact) mass is 193 g/mol. The van der Waals surface area contributed by atoms with Gasteiger partial charge in [0.2, 0.25) is 0 Å². The van der Waals surface area contributed by atoms with Gasteiger partial charge >= 0.3 is 0 Å². The van der Waals surface area contributed by atoms with Crippen LogP contribution in [0.25, 0.3) is 0 Å². The molecule has 0 aromatic carbocycles. The number of likely N-dealkylation sites (tertiary alicyclic amines) is 1. The van der Waals surface area contributed by atoms with E-state index in [1.807, 2.05) is 0 Å². The van der Waals surface area contributed by atoms with E-state index in [2.05, 4.69) is 30.9 Å². The molecule has 0 radical (unpaired) electrons. The van der Waals surface area contributed by atoms with E-state index >= 15 is 0 Å². The van der Waals surface area contributed by atoms with Crippen LogP contribution in [0.2, 0.25) is 0 Å². The van der Waals surface area contributed by atoms with Crippen LogP contribution in [0.4, 0.5) is 0 Å². The van der Waals surface area contributed by atoms with Gasteiger partial charge in [-0.1, -0.05) is 19.1 Å². The Labute approximate surface area is 86.0 Å².